The van der Waals surface area contributed by atoms with E-state index in [0.29, 0.717) is 29.3 Å². The van der Waals surface area contributed by atoms with Gasteiger partial charge in [-0.2, -0.15) is 4.98 Å². The molecule has 3 aromatic rings. The molecule has 7 nitrogen and oxygen atoms in total. The quantitative estimate of drug-likeness (QED) is 0.485. The van der Waals surface area contributed by atoms with E-state index in [0.717, 1.165) is 31.5 Å². The highest BCUT2D eigenvalue weighted by atomic mass is 16.1. The van der Waals surface area contributed by atoms with Gasteiger partial charge in [-0.3, -0.25) is 4.79 Å². The van der Waals surface area contributed by atoms with E-state index in [1.165, 1.54) is 18.4 Å². The van der Waals surface area contributed by atoms with Crippen LogP contribution in [0.3, 0.4) is 0 Å². The molecule has 1 aliphatic carbocycles. The van der Waals surface area contributed by atoms with Crippen LogP contribution in [0.4, 0.5) is 11.8 Å². The Labute approximate surface area is 170 Å². The second kappa shape index (κ2) is 8.61. The van der Waals surface area contributed by atoms with Crippen LogP contribution in [0.5, 0.6) is 0 Å². The van der Waals surface area contributed by atoms with Crippen molar-refractivity contribution < 1.29 is 0 Å². The number of fused-ring (bicyclic) bond motifs is 1. The molecule has 1 aromatic carbocycles. The number of anilines is 2. The number of nitrogen functional groups attached to an aromatic ring is 1. The van der Waals surface area contributed by atoms with Crippen molar-refractivity contribution in [3.63, 3.8) is 0 Å². The minimum absolute atomic E-state index is 0.110. The molecule has 1 fully saturated rings. The predicted molar refractivity (Wildman–Crippen MR) is 117 cm³/mol. The summed E-state index contributed by atoms with van der Waals surface area (Å²) in [6, 6.07) is 10.9. The van der Waals surface area contributed by atoms with Gasteiger partial charge in [0.25, 0.3) is 5.56 Å². The molecule has 29 heavy (non-hydrogen) atoms. The van der Waals surface area contributed by atoms with E-state index in [2.05, 4.69) is 51.8 Å². The molecule has 0 atom stereocenters. The van der Waals surface area contributed by atoms with Gasteiger partial charge in [0, 0.05) is 25.3 Å². The Morgan fingerprint density at radius 2 is 1.90 bits per heavy atom. The fourth-order valence-corrected chi connectivity index (χ4v) is 3.34. The van der Waals surface area contributed by atoms with Crippen molar-refractivity contribution in [1.82, 2.24) is 19.9 Å². The van der Waals surface area contributed by atoms with Gasteiger partial charge in [-0.1, -0.05) is 37.6 Å². The maximum Gasteiger partial charge on any atom is 0.264 e. The average molecular weight is 393 g/mol. The van der Waals surface area contributed by atoms with Crippen LogP contribution in [0.1, 0.15) is 43.7 Å². The minimum Gasteiger partial charge on any atom is -0.369 e. The first-order valence-electron chi connectivity index (χ1n) is 10.4. The number of nitrogens with two attached hydrogens (primary N) is 1. The molecular weight excluding hydrogens is 364 g/mol. The van der Waals surface area contributed by atoms with Crippen molar-refractivity contribution >= 4 is 22.7 Å². The lowest BCUT2D eigenvalue weighted by atomic mass is 10.1. The highest BCUT2D eigenvalue weighted by Crippen LogP contribution is 2.20. The molecule has 0 saturated heterocycles. The summed E-state index contributed by atoms with van der Waals surface area (Å²) in [6.45, 7) is 4.26. The van der Waals surface area contributed by atoms with Crippen LogP contribution < -0.4 is 21.9 Å². The van der Waals surface area contributed by atoms with Crippen molar-refractivity contribution in [3.8, 4) is 0 Å². The molecule has 0 amide bonds. The zero-order valence-corrected chi connectivity index (χ0v) is 16.8. The van der Waals surface area contributed by atoms with E-state index in [-0.39, 0.29) is 11.5 Å². The van der Waals surface area contributed by atoms with E-state index in [9.17, 15) is 4.79 Å². The van der Waals surface area contributed by atoms with E-state index in [1.807, 2.05) is 6.07 Å². The zero-order valence-electron chi connectivity index (χ0n) is 16.8. The molecule has 0 bridgehead atoms. The first kappa shape index (κ1) is 19.4. The van der Waals surface area contributed by atoms with Gasteiger partial charge < -0.3 is 20.9 Å². The maximum atomic E-state index is 13.1. The van der Waals surface area contributed by atoms with Crippen molar-refractivity contribution in [2.45, 2.75) is 51.7 Å². The molecule has 4 rings (SSSR count). The zero-order chi connectivity index (χ0) is 20.2. The van der Waals surface area contributed by atoms with Gasteiger partial charge in [0.1, 0.15) is 11.2 Å². The first-order valence-corrected chi connectivity index (χ1v) is 10.4. The Balaban J connectivity index is 1.56. The number of nitrogens with one attached hydrogen (secondary N) is 2. The van der Waals surface area contributed by atoms with Gasteiger partial charge in [-0.15, -0.1) is 0 Å². The van der Waals surface area contributed by atoms with E-state index >= 15 is 0 Å². The third-order valence-electron chi connectivity index (χ3n) is 5.21. The predicted octanol–water partition coefficient (Wildman–Crippen LogP) is 2.89. The smallest absolute Gasteiger partial charge is 0.264 e. The molecule has 2 aromatic heterocycles. The molecule has 0 unspecified atom stereocenters. The van der Waals surface area contributed by atoms with Crippen LogP contribution in [0.2, 0.25) is 0 Å². The highest BCUT2D eigenvalue weighted by Gasteiger charge is 2.19. The first-order chi connectivity index (χ1) is 14.1. The van der Waals surface area contributed by atoms with Crippen LogP contribution in [0, 0.1) is 0 Å². The molecule has 0 spiro atoms. The fourth-order valence-electron chi connectivity index (χ4n) is 3.34. The number of nitrogens with zero attached hydrogens (tertiary/aromatic N) is 3. The lowest BCUT2D eigenvalue weighted by molar-refractivity contribution is 0.687. The second-order valence-corrected chi connectivity index (χ2v) is 7.69. The number of hydrogen-bond acceptors (Lipinski definition) is 6. The highest BCUT2D eigenvalue weighted by molar-refractivity contribution is 5.89. The Bertz CT molecular complexity index is 1040. The Kier molecular flexibility index (Phi) is 5.76. The number of benzene rings is 1. The van der Waals surface area contributed by atoms with Crippen molar-refractivity contribution in [1.29, 1.82) is 0 Å². The molecule has 2 heterocycles. The summed E-state index contributed by atoms with van der Waals surface area (Å²) in [5, 5.41) is 7.25. The number of hydrogen-bond donors (Lipinski definition) is 3. The van der Waals surface area contributed by atoms with Crippen LogP contribution in [-0.4, -0.2) is 27.1 Å². The Morgan fingerprint density at radius 3 is 2.62 bits per heavy atom. The van der Waals surface area contributed by atoms with Gasteiger partial charge in [0.15, 0.2) is 0 Å². The molecule has 1 aliphatic rings. The normalized spacial score (nSPS) is 13.7. The Morgan fingerprint density at radius 1 is 1.14 bits per heavy atom. The van der Waals surface area contributed by atoms with Crippen LogP contribution in [-0.2, 0) is 13.1 Å². The van der Waals surface area contributed by atoms with E-state index < -0.39 is 0 Å². The van der Waals surface area contributed by atoms with Crippen LogP contribution >= 0.6 is 0 Å². The van der Waals surface area contributed by atoms with Gasteiger partial charge in [-0.05, 0) is 36.5 Å². The van der Waals surface area contributed by atoms with Crippen LogP contribution in [0.25, 0.3) is 10.9 Å². The maximum absolute atomic E-state index is 13.1. The topological polar surface area (TPSA) is 97.9 Å². The number of rotatable bonds is 9. The average Bonchev–Trinajstić information content (AvgIpc) is 3.54. The summed E-state index contributed by atoms with van der Waals surface area (Å²) in [4.78, 5) is 21.6. The third kappa shape index (κ3) is 4.74. The Hall–Kier alpha value is -2.93. The second-order valence-electron chi connectivity index (χ2n) is 7.69. The summed E-state index contributed by atoms with van der Waals surface area (Å²) in [5.41, 5.74) is 8.63. The molecule has 4 N–H and O–H groups in total. The van der Waals surface area contributed by atoms with E-state index in [4.69, 9.17) is 5.73 Å². The molecule has 152 valence electrons. The summed E-state index contributed by atoms with van der Waals surface area (Å²) in [7, 11) is 0. The van der Waals surface area contributed by atoms with Gasteiger partial charge in [0.05, 0.1) is 12.1 Å². The van der Waals surface area contributed by atoms with Crippen molar-refractivity contribution in [3.05, 3.63) is 58.0 Å². The summed E-state index contributed by atoms with van der Waals surface area (Å²) >= 11 is 0. The van der Waals surface area contributed by atoms with Gasteiger partial charge in [0.2, 0.25) is 5.95 Å². The third-order valence-corrected chi connectivity index (χ3v) is 5.21. The largest absolute Gasteiger partial charge is 0.369 e. The standard InChI is InChI=1S/C22H28N6O/c1-2-3-11-24-20-19-18(26-22(23)27-20)10-12-28(21(19)29)14-16-6-4-15(5-7-16)13-25-17-8-9-17/h4-7,10,12,17,25H,2-3,8-9,11,13-14H2,1H3,(H3,23,24,26,27). The lowest BCUT2D eigenvalue weighted by Gasteiger charge is -2.12. The lowest BCUT2D eigenvalue weighted by Crippen LogP contribution is -2.22. The SMILES string of the molecule is CCCCNc1nc(N)nc2ccn(Cc3ccc(CNC4CC4)cc3)c(=O)c12. The molecular formula is C22H28N6O. The van der Waals surface area contributed by atoms with Gasteiger partial charge >= 0.3 is 0 Å². The summed E-state index contributed by atoms with van der Waals surface area (Å²) < 4.78 is 1.70. The number of unbranched alkanes of at least 4 members (excludes halogenated alkanes) is 1. The monoisotopic (exact) mass is 392 g/mol. The van der Waals surface area contributed by atoms with Crippen molar-refractivity contribution in [2.24, 2.45) is 0 Å². The van der Waals surface area contributed by atoms with Gasteiger partial charge in [-0.25, -0.2) is 4.98 Å². The summed E-state index contributed by atoms with van der Waals surface area (Å²) in [6.07, 6.45) is 6.40. The number of pyridine rings is 1. The fraction of sp³-hybridized carbons (Fsp3) is 0.409. The van der Waals surface area contributed by atoms with Crippen LogP contribution in [0.15, 0.2) is 41.3 Å². The number of aromatic nitrogens is 3. The minimum atomic E-state index is -0.110. The van der Waals surface area contributed by atoms with E-state index in [1.54, 1.807) is 10.8 Å². The molecule has 0 radical (unpaired) electrons. The van der Waals surface area contributed by atoms with Crippen molar-refractivity contribution in [2.75, 3.05) is 17.6 Å². The summed E-state index contributed by atoms with van der Waals surface area (Å²) in [5.74, 6) is 0.686. The molecule has 7 heteroatoms. The molecule has 0 aliphatic heterocycles. The molecule has 1 saturated carbocycles.